The molecule has 0 spiro atoms. The van der Waals surface area contributed by atoms with Gasteiger partial charge in [0.2, 0.25) is 0 Å². The first kappa shape index (κ1) is 8.13. The Morgan fingerprint density at radius 2 is 2.23 bits per heavy atom. The third-order valence-electron chi connectivity index (χ3n) is 2.32. The number of benzene rings is 1. The van der Waals surface area contributed by atoms with Crippen LogP contribution in [0.2, 0.25) is 0 Å². The predicted molar refractivity (Wildman–Crippen MR) is 52.6 cm³/mol. The number of aromatic hydroxyl groups is 1. The molecule has 1 heterocycles. The van der Waals surface area contributed by atoms with Crippen molar-refractivity contribution in [1.29, 1.82) is 0 Å². The second-order valence-corrected chi connectivity index (χ2v) is 3.17. The van der Waals surface area contributed by atoms with E-state index in [4.69, 9.17) is 5.73 Å². The molecule has 0 atom stereocenters. The van der Waals surface area contributed by atoms with Crippen molar-refractivity contribution in [2.24, 2.45) is 5.73 Å². The Bertz CT molecular complexity index is 445. The molecule has 0 bridgehead atoms. The minimum Gasteiger partial charge on any atom is -0.507 e. The molecule has 0 saturated heterocycles. The maximum absolute atomic E-state index is 9.62. The average Bonchev–Trinajstić information content (AvgIpc) is 2.56. The van der Waals surface area contributed by atoms with Crippen molar-refractivity contribution in [1.82, 2.24) is 4.98 Å². The maximum Gasteiger partial charge on any atom is 0.125 e. The first-order valence-corrected chi connectivity index (χ1v) is 4.22. The van der Waals surface area contributed by atoms with Crippen LogP contribution in [0, 0.1) is 6.92 Å². The summed E-state index contributed by atoms with van der Waals surface area (Å²) in [6, 6.07) is 3.58. The van der Waals surface area contributed by atoms with Gasteiger partial charge >= 0.3 is 0 Å². The van der Waals surface area contributed by atoms with Gasteiger partial charge in [-0.25, -0.2) is 0 Å². The molecule has 0 unspecified atom stereocenters. The molecule has 0 aliphatic heterocycles. The summed E-state index contributed by atoms with van der Waals surface area (Å²) in [4.78, 5) is 3.11. The number of hydrogen-bond acceptors (Lipinski definition) is 2. The average molecular weight is 176 g/mol. The topological polar surface area (TPSA) is 62.0 Å². The lowest BCUT2D eigenvalue weighted by Gasteiger charge is -2.00. The SMILES string of the molecule is Cc1ccc(O)c2c(CN)c[nH]c12. The van der Waals surface area contributed by atoms with Crippen LogP contribution in [0.15, 0.2) is 18.3 Å². The first-order chi connectivity index (χ1) is 6.24. The summed E-state index contributed by atoms with van der Waals surface area (Å²) in [6.07, 6.45) is 1.84. The largest absolute Gasteiger partial charge is 0.507 e. The van der Waals surface area contributed by atoms with Crippen molar-refractivity contribution in [3.63, 3.8) is 0 Å². The summed E-state index contributed by atoms with van der Waals surface area (Å²) >= 11 is 0. The van der Waals surface area contributed by atoms with Gasteiger partial charge in [0.15, 0.2) is 0 Å². The second kappa shape index (κ2) is 2.78. The highest BCUT2D eigenvalue weighted by atomic mass is 16.3. The van der Waals surface area contributed by atoms with Crippen molar-refractivity contribution in [3.8, 4) is 5.75 Å². The lowest BCUT2D eigenvalue weighted by Crippen LogP contribution is -1.94. The zero-order valence-corrected chi connectivity index (χ0v) is 7.46. The number of nitrogens with one attached hydrogen (secondary N) is 1. The zero-order valence-electron chi connectivity index (χ0n) is 7.46. The van der Waals surface area contributed by atoms with Crippen LogP contribution in [-0.4, -0.2) is 10.1 Å². The number of fused-ring (bicyclic) bond motifs is 1. The number of rotatable bonds is 1. The summed E-state index contributed by atoms with van der Waals surface area (Å²) in [5.74, 6) is 0.294. The maximum atomic E-state index is 9.62. The fourth-order valence-electron chi connectivity index (χ4n) is 1.60. The van der Waals surface area contributed by atoms with Gasteiger partial charge in [0.25, 0.3) is 0 Å². The number of nitrogens with two attached hydrogens (primary N) is 1. The summed E-state index contributed by atoms with van der Waals surface area (Å²) in [6.45, 7) is 2.44. The fraction of sp³-hybridized carbons (Fsp3) is 0.200. The van der Waals surface area contributed by atoms with Gasteiger partial charge < -0.3 is 15.8 Å². The van der Waals surface area contributed by atoms with E-state index in [0.717, 1.165) is 22.0 Å². The molecule has 2 aromatic rings. The van der Waals surface area contributed by atoms with Gasteiger partial charge in [0.1, 0.15) is 5.75 Å². The smallest absolute Gasteiger partial charge is 0.125 e. The molecule has 0 saturated carbocycles. The van der Waals surface area contributed by atoms with E-state index in [0.29, 0.717) is 12.3 Å². The molecule has 0 aliphatic rings. The monoisotopic (exact) mass is 176 g/mol. The summed E-state index contributed by atoms with van der Waals surface area (Å²) in [5, 5.41) is 10.5. The van der Waals surface area contributed by atoms with Gasteiger partial charge in [0.05, 0.1) is 5.52 Å². The summed E-state index contributed by atoms with van der Waals surface area (Å²) in [5.41, 5.74) is 8.59. The molecule has 13 heavy (non-hydrogen) atoms. The van der Waals surface area contributed by atoms with Crippen molar-refractivity contribution < 1.29 is 5.11 Å². The molecule has 0 radical (unpaired) electrons. The standard InChI is InChI=1S/C10H12N2O/c1-6-2-3-8(13)9-7(4-11)5-12-10(6)9/h2-3,5,12-13H,4,11H2,1H3. The Balaban J connectivity index is 2.87. The molecule has 0 amide bonds. The van der Waals surface area contributed by atoms with E-state index in [1.165, 1.54) is 0 Å². The van der Waals surface area contributed by atoms with Crippen LogP contribution in [0.5, 0.6) is 5.75 Å². The van der Waals surface area contributed by atoms with Gasteiger partial charge in [-0.05, 0) is 24.1 Å². The van der Waals surface area contributed by atoms with Crippen LogP contribution >= 0.6 is 0 Å². The number of aromatic amines is 1. The minimum absolute atomic E-state index is 0.294. The fourth-order valence-corrected chi connectivity index (χ4v) is 1.60. The van der Waals surface area contributed by atoms with Crippen LogP contribution in [-0.2, 0) is 6.54 Å². The van der Waals surface area contributed by atoms with Crippen molar-refractivity contribution in [2.75, 3.05) is 0 Å². The number of phenols is 1. The Morgan fingerprint density at radius 3 is 2.92 bits per heavy atom. The summed E-state index contributed by atoms with van der Waals surface area (Å²) < 4.78 is 0. The summed E-state index contributed by atoms with van der Waals surface area (Å²) in [7, 11) is 0. The molecular formula is C10H12N2O. The highest BCUT2D eigenvalue weighted by molar-refractivity contribution is 5.91. The molecule has 1 aromatic heterocycles. The van der Waals surface area contributed by atoms with Crippen molar-refractivity contribution >= 4 is 10.9 Å². The van der Waals surface area contributed by atoms with E-state index in [1.54, 1.807) is 6.07 Å². The van der Waals surface area contributed by atoms with Crippen molar-refractivity contribution in [2.45, 2.75) is 13.5 Å². The zero-order chi connectivity index (χ0) is 9.42. The van der Waals surface area contributed by atoms with Crippen LogP contribution in [0.1, 0.15) is 11.1 Å². The Hall–Kier alpha value is -1.48. The number of hydrogen-bond donors (Lipinski definition) is 3. The van der Waals surface area contributed by atoms with Crippen LogP contribution in [0.4, 0.5) is 0 Å². The number of aromatic nitrogens is 1. The predicted octanol–water partition coefficient (Wildman–Crippen LogP) is 1.64. The molecule has 0 aliphatic carbocycles. The molecular weight excluding hydrogens is 164 g/mol. The minimum atomic E-state index is 0.294. The van der Waals surface area contributed by atoms with E-state index in [2.05, 4.69) is 4.98 Å². The van der Waals surface area contributed by atoms with Crippen molar-refractivity contribution in [3.05, 3.63) is 29.5 Å². The van der Waals surface area contributed by atoms with Gasteiger partial charge in [-0.2, -0.15) is 0 Å². The molecule has 3 nitrogen and oxygen atoms in total. The Morgan fingerprint density at radius 1 is 1.46 bits per heavy atom. The molecule has 0 fully saturated rings. The first-order valence-electron chi connectivity index (χ1n) is 4.22. The Labute approximate surface area is 76.2 Å². The van der Waals surface area contributed by atoms with Crippen LogP contribution < -0.4 is 5.73 Å². The van der Waals surface area contributed by atoms with Crippen LogP contribution in [0.25, 0.3) is 10.9 Å². The number of H-pyrrole nitrogens is 1. The van der Waals surface area contributed by atoms with E-state index in [9.17, 15) is 5.11 Å². The van der Waals surface area contributed by atoms with E-state index in [1.807, 2.05) is 19.2 Å². The molecule has 4 N–H and O–H groups in total. The quantitative estimate of drug-likeness (QED) is 0.618. The second-order valence-electron chi connectivity index (χ2n) is 3.17. The van der Waals surface area contributed by atoms with E-state index < -0.39 is 0 Å². The number of aryl methyl sites for hydroxylation is 1. The van der Waals surface area contributed by atoms with Gasteiger partial charge in [0, 0.05) is 18.1 Å². The van der Waals surface area contributed by atoms with Gasteiger partial charge in [-0.15, -0.1) is 0 Å². The lowest BCUT2D eigenvalue weighted by atomic mass is 10.1. The van der Waals surface area contributed by atoms with Gasteiger partial charge in [-0.1, -0.05) is 6.07 Å². The van der Waals surface area contributed by atoms with Gasteiger partial charge in [-0.3, -0.25) is 0 Å². The lowest BCUT2D eigenvalue weighted by molar-refractivity contribution is 0.481. The van der Waals surface area contributed by atoms with Crippen LogP contribution in [0.3, 0.4) is 0 Å². The molecule has 2 rings (SSSR count). The number of phenolic OH excluding ortho intramolecular Hbond substituents is 1. The normalized spacial score (nSPS) is 10.9. The Kier molecular flexibility index (Phi) is 1.74. The molecule has 68 valence electrons. The molecule has 1 aromatic carbocycles. The third kappa shape index (κ3) is 1.09. The highest BCUT2D eigenvalue weighted by Gasteiger charge is 2.08. The van der Waals surface area contributed by atoms with E-state index in [-0.39, 0.29) is 0 Å². The van der Waals surface area contributed by atoms with E-state index >= 15 is 0 Å². The third-order valence-corrected chi connectivity index (χ3v) is 2.32. The molecule has 3 heteroatoms. The highest BCUT2D eigenvalue weighted by Crippen LogP contribution is 2.29.